The van der Waals surface area contributed by atoms with Crippen molar-refractivity contribution in [2.75, 3.05) is 33.4 Å². The number of benzene rings is 1. The number of carbonyl (C=O) groups excluding carboxylic acids is 1. The van der Waals surface area contributed by atoms with Gasteiger partial charge in [0, 0.05) is 18.6 Å². The molecule has 1 amide bonds. The molecule has 7 nitrogen and oxygen atoms in total. The molecular formula is C13H19ClN2O5S. The fourth-order valence-corrected chi connectivity index (χ4v) is 3.18. The Morgan fingerprint density at radius 2 is 2.14 bits per heavy atom. The van der Waals surface area contributed by atoms with Gasteiger partial charge in [-0.2, -0.15) is 4.31 Å². The van der Waals surface area contributed by atoms with Crippen molar-refractivity contribution >= 4 is 27.5 Å². The lowest BCUT2D eigenvalue weighted by atomic mass is 10.3. The molecule has 0 saturated heterocycles. The number of likely N-dealkylation sites (N-methyl/N-ethyl adjacent to an activating group) is 1. The number of rotatable bonds is 8. The Balaban J connectivity index is 3.02. The zero-order valence-corrected chi connectivity index (χ0v) is 13.9. The number of hydrogen-bond donors (Lipinski definition) is 2. The summed E-state index contributed by atoms with van der Waals surface area (Å²) in [4.78, 5) is 11.5. The second-order valence-electron chi connectivity index (χ2n) is 4.36. The van der Waals surface area contributed by atoms with Crippen LogP contribution in [0.15, 0.2) is 23.1 Å². The van der Waals surface area contributed by atoms with Gasteiger partial charge in [-0.05, 0) is 25.1 Å². The molecule has 0 saturated carbocycles. The van der Waals surface area contributed by atoms with E-state index in [2.05, 4.69) is 5.32 Å². The van der Waals surface area contributed by atoms with Crippen molar-refractivity contribution in [3.8, 4) is 5.75 Å². The number of ether oxygens (including phenoxy) is 1. The third-order valence-electron chi connectivity index (χ3n) is 2.69. The first-order valence-corrected chi connectivity index (χ1v) is 8.41. The Morgan fingerprint density at radius 3 is 2.73 bits per heavy atom. The summed E-state index contributed by atoms with van der Waals surface area (Å²) in [5.74, 6) is -0.338. The van der Waals surface area contributed by atoms with Crippen LogP contribution in [0.25, 0.3) is 0 Å². The van der Waals surface area contributed by atoms with Gasteiger partial charge in [-0.3, -0.25) is 4.79 Å². The molecule has 1 rings (SSSR count). The number of aliphatic hydroxyl groups is 1. The summed E-state index contributed by atoms with van der Waals surface area (Å²) >= 11 is 5.86. The first-order chi connectivity index (χ1) is 10.3. The molecule has 0 bridgehead atoms. The van der Waals surface area contributed by atoms with E-state index < -0.39 is 15.9 Å². The van der Waals surface area contributed by atoms with E-state index in [1.165, 1.54) is 25.2 Å². The minimum absolute atomic E-state index is 0.0636. The van der Waals surface area contributed by atoms with E-state index in [1.54, 1.807) is 6.92 Å². The molecule has 0 aliphatic rings. The molecule has 124 valence electrons. The van der Waals surface area contributed by atoms with Crippen molar-refractivity contribution in [3.05, 3.63) is 23.2 Å². The molecule has 0 atom stereocenters. The summed E-state index contributed by atoms with van der Waals surface area (Å²) in [6, 6.07) is 4.28. The third kappa shape index (κ3) is 4.84. The Kier molecular flexibility index (Phi) is 7.08. The van der Waals surface area contributed by atoms with Gasteiger partial charge < -0.3 is 15.2 Å². The van der Waals surface area contributed by atoms with Gasteiger partial charge in [-0.1, -0.05) is 11.6 Å². The Labute approximate surface area is 134 Å². The van der Waals surface area contributed by atoms with E-state index in [4.69, 9.17) is 21.4 Å². The molecule has 0 aliphatic heterocycles. The number of aliphatic hydroxyl groups excluding tert-OH is 1. The van der Waals surface area contributed by atoms with Crippen molar-refractivity contribution < 1.29 is 23.1 Å². The van der Waals surface area contributed by atoms with Gasteiger partial charge in [0.1, 0.15) is 10.6 Å². The zero-order chi connectivity index (χ0) is 16.8. The van der Waals surface area contributed by atoms with Gasteiger partial charge in [0.25, 0.3) is 0 Å². The van der Waals surface area contributed by atoms with Crippen molar-refractivity contribution in [3.63, 3.8) is 0 Å². The van der Waals surface area contributed by atoms with Crippen molar-refractivity contribution in [1.29, 1.82) is 0 Å². The van der Waals surface area contributed by atoms with Gasteiger partial charge in [0.05, 0.1) is 19.8 Å². The van der Waals surface area contributed by atoms with E-state index in [0.717, 1.165) is 4.31 Å². The lowest BCUT2D eigenvalue weighted by molar-refractivity contribution is -0.121. The molecule has 0 spiro atoms. The smallest absolute Gasteiger partial charge is 0.247 e. The Bertz CT molecular complexity index is 621. The molecule has 0 unspecified atom stereocenters. The standard InChI is InChI=1S/C13H19ClN2O5S/c1-3-21-11-5-4-10(14)8-12(11)22(19,20)16(2)9-13(18)15-6-7-17/h4-5,8,17H,3,6-7,9H2,1-2H3,(H,15,18). The maximum absolute atomic E-state index is 12.5. The average molecular weight is 351 g/mol. The molecule has 0 fully saturated rings. The SMILES string of the molecule is CCOc1ccc(Cl)cc1S(=O)(=O)N(C)CC(=O)NCCO. The molecule has 0 aromatic heterocycles. The number of halogens is 1. The molecule has 1 aromatic rings. The summed E-state index contributed by atoms with van der Waals surface area (Å²) in [6.07, 6.45) is 0. The molecule has 0 radical (unpaired) electrons. The number of hydrogen-bond acceptors (Lipinski definition) is 5. The van der Waals surface area contributed by atoms with Gasteiger partial charge >= 0.3 is 0 Å². The van der Waals surface area contributed by atoms with Crippen LogP contribution in [0.5, 0.6) is 5.75 Å². The zero-order valence-electron chi connectivity index (χ0n) is 12.4. The average Bonchev–Trinajstić information content (AvgIpc) is 2.47. The molecule has 9 heteroatoms. The second-order valence-corrected chi connectivity index (χ2v) is 6.81. The predicted octanol–water partition coefficient (Wildman–Crippen LogP) is 0.468. The fraction of sp³-hybridized carbons (Fsp3) is 0.462. The molecule has 22 heavy (non-hydrogen) atoms. The molecule has 0 heterocycles. The second kappa shape index (κ2) is 8.33. The van der Waals surface area contributed by atoms with E-state index in [1.807, 2.05) is 0 Å². The van der Waals surface area contributed by atoms with E-state index >= 15 is 0 Å². The quantitative estimate of drug-likeness (QED) is 0.710. The maximum atomic E-state index is 12.5. The molecule has 0 aliphatic carbocycles. The topological polar surface area (TPSA) is 95.9 Å². The molecular weight excluding hydrogens is 332 g/mol. The molecule has 1 aromatic carbocycles. The summed E-state index contributed by atoms with van der Waals surface area (Å²) < 4.78 is 31.3. The number of nitrogens with zero attached hydrogens (tertiary/aromatic N) is 1. The maximum Gasteiger partial charge on any atom is 0.247 e. The third-order valence-corrected chi connectivity index (χ3v) is 4.75. The lowest BCUT2D eigenvalue weighted by Gasteiger charge is -2.19. The van der Waals surface area contributed by atoms with Crippen molar-refractivity contribution in [2.45, 2.75) is 11.8 Å². The molecule has 2 N–H and O–H groups in total. The largest absolute Gasteiger partial charge is 0.492 e. The van der Waals surface area contributed by atoms with Crippen molar-refractivity contribution in [2.24, 2.45) is 0 Å². The summed E-state index contributed by atoms with van der Waals surface area (Å²) in [6.45, 7) is 1.50. The highest BCUT2D eigenvalue weighted by molar-refractivity contribution is 7.89. The highest BCUT2D eigenvalue weighted by atomic mass is 35.5. The Morgan fingerprint density at radius 1 is 1.45 bits per heavy atom. The highest BCUT2D eigenvalue weighted by Crippen LogP contribution is 2.29. The monoisotopic (exact) mass is 350 g/mol. The van der Waals surface area contributed by atoms with Crippen LogP contribution in [0, 0.1) is 0 Å². The van der Waals surface area contributed by atoms with Crippen LogP contribution in [-0.4, -0.2) is 57.1 Å². The predicted molar refractivity (Wildman–Crippen MR) is 82.5 cm³/mol. The summed E-state index contributed by atoms with van der Waals surface area (Å²) in [7, 11) is -2.65. The van der Waals surface area contributed by atoms with E-state index in [9.17, 15) is 13.2 Å². The Hall–Kier alpha value is -1.35. The van der Waals surface area contributed by atoms with Crippen molar-refractivity contribution in [1.82, 2.24) is 9.62 Å². The fourth-order valence-electron chi connectivity index (χ4n) is 1.66. The minimum Gasteiger partial charge on any atom is -0.492 e. The summed E-state index contributed by atoms with van der Waals surface area (Å²) in [5.41, 5.74) is 0. The summed E-state index contributed by atoms with van der Waals surface area (Å²) in [5, 5.41) is 11.3. The van der Waals surface area contributed by atoms with Gasteiger partial charge in [0.2, 0.25) is 15.9 Å². The van der Waals surface area contributed by atoms with Crippen LogP contribution in [0.3, 0.4) is 0 Å². The van der Waals surface area contributed by atoms with Crippen LogP contribution in [0.4, 0.5) is 0 Å². The van der Waals surface area contributed by atoms with E-state index in [0.29, 0.717) is 6.61 Å². The number of amides is 1. The van der Waals surface area contributed by atoms with E-state index in [-0.39, 0.29) is 35.4 Å². The van der Waals surface area contributed by atoms with Gasteiger partial charge in [-0.15, -0.1) is 0 Å². The van der Waals surface area contributed by atoms with Gasteiger partial charge in [-0.25, -0.2) is 8.42 Å². The van der Waals surface area contributed by atoms with Crippen LogP contribution in [0.1, 0.15) is 6.92 Å². The normalized spacial score (nSPS) is 11.5. The first-order valence-electron chi connectivity index (χ1n) is 6.59. The van der Waals surface area contributed by atoms with Gasteiger partial charge in [0.15, 0.2) is 0 Å². The van der Waals surface area contributed by atoms with Crippen LogP contribution in [-0.2, 0) is 14.8 Å². The van der Waals surface area contributed by atoms with Crippen LogP contribution in [0.2, 0.25) is 5.02 Å². The number of carbonyl (C=O) groups is 1. The highest BCUT2D eigenvalue weighted by Gasteiger charge is 2.26. The van der Waals surface area contributed by atoms with Crippen LogP contribution >= 0.6 is 11.6 Å². The first kappa shape index (κ1) is 18.7. The van der Waals surface area contributed by atoms with Crippen LogP contribution < -0.4 is 10.1 Å². The number of sulfonamides is 1. The minimum atomic E-state index is -3.93. The number of nitrogens with one attached hydrogen (secondary N) is 1. The lowest BCUT2D eigenvalue weighted by Crippen LogP contribution is -2.39.